The summed E-state index contributed by atoms with van der Waals surface area (Å²) < 4.78 is 38.7. The van der Waals surface area contributed by atoms with Gasteiger partial charge in [0.2, 0.25) is 11.8 Å². The molecule has 0 aliphatic rings. The van der Waals surface area contributed by atoms with Gasteiger partial charge in [0.15, 0.2) is 0 Å². The minimum atomic E-state index is -4.13. The van der Waals surface area contributed by atoms with Crippen molar-refractivity contribution in [3.8, 4) is 11.5 Å². The second-order valence-electron chi connectivity index (χ2n) is 7.17. The van der Waals surface area contributed by atoms with Crippen LogP contribution in [0.5, 0.6) is 11.5 Å². The van der Waals surface area contributed by atoms with Crippen LogP contribution in [0.4, 0.5) is 17.1 Å². The van der Waals surface area contributed by atoms with E-state index in [1.165, 1.54) is 39.3 Å². The Morgan fingerprint density at radius 3 is 2.03 bits per heavy atom. The standard InChI is InChI=1S/C24H25N3O6S/c1-17(28)25-18-9-11-19(12-10-18)26-24(29)16-27(34(30,31)21-7-5-4-6-8-21)22-15-20(32-2)13-14-23(22)33-3/h4-15H,16H2,1-3H3,(H,25,28)(H,26,29). The van der Waals surface area contributed by atoms with Crippen LogP contribution in [0.3, 0.4) is 0 Å². The van der Waals surface area contributed by atoms with Crippen molar-refractivity contribution in [3.63, 3.8) is 0 Å². The zero-order chi connectivity index (χ0) is 24.7. The van der Waals surface area contributed by atoms with Crippen LogP contribution in [0, 0.1) is 0 Å². The van der Waals surface area contributed by atoms with Gasteiger partial charge < -0.3 is 20.1 Å². The third-order valence-electron chi connectivity index (χ3n) is 4.76. The van der Waals surface area contributed by atoms with Crippen LogP contribution in [-0.2, 0) is 19.6 Å². The summed E-state index contributed by atoms with van der Waals surface area (Å²) in [5, 5.41) is 5.32. The van der Waals surface area contributed by atoms with Crippen LogP contribution in [0.25, 0.3) is 0 Å². The highest BCUT2D eigenvalue weighted by molar-refractivity contribution is 7.92. The number of rotatable bonds is 9. The molecule has 34 heavy (non-hydrogen) atoms. The van der Waals surface area contributed by atoms with Crippen molar-refractivity contribution in [1.82, 2.24) is 0 Å². The van der Waals surface area contributed by atoms with Gasteiger partial charge in [-0.1, -0.05) is 18.2 Å². The van der Waals surface area contributed by atoms with E-state index in [0.717, 1.165) is 4.31 Å². The first-order chi connectivity index (χ1) is 16.2. The zero-order valence-corrected chi connectivity index (χ0v) is 19.8. The molecule has 0 atom stereocenters. The molecule has 2 amide bonds. The van der Waals surface area contributed by atoms with Crippen molar-refractivity contribution in [1.29, 1.82) is 0 Å². The van der Waals surface area contributed by atoms with Gasteiger partial charge in [-0.05, 0) is 48.5 Å². The number of hydrogen-bond donors (Lipinski definition) is 2. The van der Waals surface area contributed by atoms with E-state index >= 15 is 0 Å². The SMILES string of the molecule is COc1ccc(OC)c(N(CC(=O)Nc2ccc(NC(C)=O)cc2)S(=O)(=O)c2ccccc2)c1. The van der Waals surface area contributed by atoms with Crippen molar-refractivity contribution >= 4 is 38.9 Å². The van der Waals surface area contributed by atoms with E-state index in [4.69, 9.17) is 9.47 Å². The number of ether oxygens (including phenoxy) is 2. The molecule has 9 nitrogen and oxygen atoms in total. The summed E-state index contributed by atoms with van der Waals surface area (Å²) in [5.74, 6) is -0.131. The minimum absolute atomic E-state index is 0.0207. The second kappa shape index (κ2) is 10.7. The zero-order valence-electron chi connectivity index (χ0n) is 18.9. The molecule has 2 N–H and O–H groups in total. The molecule has 178 valence electrons. The lowest BCUT2D eigenvalue weighted by molar-refractivity contribution is -0.115. The van der Waals surface area contributed by atoms with Gasteiger partial charge in [0.1, 0.15) is 18.0 Å². The highest BCUT2D eigenvalue weighted by atomic mass is 32.2. The number of nitrogens with one attached hydrogen (secondary N) is 2. The van der Waals surface area contributed by atoms with Gasteiger partial charge in [0.25, 0.3) is 10.0 Å². The van der Waals surface area contributed by atoms with Crippen molar-refractivity contribution < 1.29 is 27.5 Å². The molecule has 10 heteroatoms. The van der Waals surface area contributed by atoms with Gasteiger partial charge in [-0.25, -0.2) is 8.42 Å². The first kappa shape index (κ1) is 24.6. The Labute approximate surface area is 198 Å². The molecular formula is C24H25N3O6S. The van der Waals surface area contributed by atoms with Crippen molar-refractivity contribution in [2.24, 2.45) is 0 Å². The number of anilines is 3. The van der Waals surface area contributed by atoms with E-state index in [-0.39, 0.29) is 22.2 Å². The third-order valence-corrected chi connectivity index (χ3v) is 6.54. The monoisotopic (exact) mass is 483 g/mol. The maximum atomic E-state index is 13.5. The summed E-state index contributed by atoms with van der Waals surface area (Å²) in [6.07, 6.45) is 0. The predicted octanol–water partition coefficient (Wildman–Crippen LogP) is 3.50. The third kappa shape index (κ3) is 5.84. The first-order valence-electron chi connectivity index (χ1n) is 10.2. The number of hydrogen-bond acceptors (Lipinski definition) is 6. The van der Waals surface area contributed by atoms with Gasteiger partial charge in [-0.3, -0.25) is 13.9 Å². The molecule has 0 unspecified atom stereocenters. The number of methoxy groups -OCH3 is 2. The highest BCUT2D eigenvalue weighted by Crippen LogP contribution is 2.35. The summed E-state index contributed by atoms with van der Waals surface area (Å²) in [6.45, 7) is 0.874. The fraction of sp³-hybridized carbons (Fsp3) is 0.167. The van der Waals surface area contributed by atoms with Crippen LogP contribution in [0.15, 0.2) is 77.7 Å². The number of amides is 2. The van der Waals surface area contributed by atoms with Crippen LogP contribution in [0.2, 0.25) is 0 Å². The molecule has 0 radical (unpaired) electrons. The number of sulfonamides is 1. The molecule has 0 aromatic heterocycles. The Kier molecular flexibility index (Phi) is 7.75. The molecule has 0 aliphatic carbocycles. The van der Waals surface area contributed by atoms with E-state index in [0.29, 0.717) is 17.1 Å². The Hall–Kier alpha value is -4.05. The van der Waals surface area contributed by atoms with Crippen LogP contribution < -0.4 is 24.4 Å². The Morgan fingerprint density at radius 1 is 0.853 bits per heavy atom. The molecule has 0 bridgehead atoms. The summed E-state index contributed by atoms with van der Waals surface area (Å²) in [4.78, 5) is 24.1. The topological polar surface area (TPSA) is 114 Å². The molecule has 3 rings (SSSR count). The van der Waals surface area contributed by atoms with Crippen molar-refractivity contribution in [3.05, 3.63) is 72.8 Å². The van der Waals surface area contributed by atoms with E-state index in [1.54, 1.807) is 54.6 Å². The van der Waals surface area contributed by atoms with Gasteiger partial charge in [0, 0.05) is 24.4 Å². The summed E-state index contributed by atoms with van der Waals surface area (Å²) in [7, 11) is -1.26. The number of carbonyl (C=O) groups is 2. The summed E-state index contributed by atoms with van der Waals surface area (Å²) in [5.41, 5.74) is 1.16. The average molecular weight is 484 g/mol. The van der Waals surface area contributed by atoms with Gasteiger partial charge >= 0.3 is 0 Å². The van der Waals surface area contributed by atoms with Gasteiger partial charge in [-0.2, -0.15) is 0 Å². The molecule has 0 saturated carbocycles. The molecule has 3 aromatic rings. The molecule has 0 spiro atoms. The largest absolute Gasteiger partial charge is 0.497 e. The maximum absolute atomic E-state index is 13.5. The fourth-order valence-corrected chi connectivity index (χ4v) is 4.63. The number of benzene rings is 3. The second-order valence-corrected chi connectivity index (χ2v) is 9.03. The maximum Gasteiger partial charge on any atom is 0.264 e. The Bertz CT molecular complexity index is 1260. The molecular weight excluding hydrogens is 458 g/mol. The van der Waals surface area contributed by atoms with Crippen LogP contribution in [0.1, 0.15) is 6.92 Å². The molecule has 0 heterocycles. The number of nitrogens with zero attached hydrogens (tertiary/aromatic N) is 1. The van der Waals surface area contributed by atoms with Gasteiger partial charge in [0.05, 0.1) is 24.8 Å². The lowest BCUT2D eigenvalue weighted by atomic mass is 10.2. The van der Waals surface area contributed by atoms with E-state index < -0.39 is 22.5 Å². The van der Waals surface area contributed by atoms with Crippen LogP contribution in [-0.4, -0.2) is 41.0 Å². The highest BCUT2D eigenvalue weighted by Gasteiger charge is 2.30. The van der Waals surface area contributed by atoms with E-state index in [1.807, 2.05) is 0 Å². The normalized spacial score (nSPS) is 10.8. The molecule has 0 aliphatic heterocycles. The molecule has 3 aromatic carbocycles. The van der Waals surface area contributed by atoms with Crippen molar-refractivity contribution in [2.75, 3.05) is 35.7 Å². The Balaban J connectivity index is 1.95. The Morgan fingerprint density at radius 2 is 1.47 bits per heavy atom. The molecule has 0 saturated heterocycles. The lowest BCUT2D eigenvalue weighted by Crippen LogP contribution is -2.38. The predicted molar refractivity (Wildman–Crippen MR) is 130 cm³/mol. The summed E-state index contributed by atoms with van der Waals surface area (Å²) >= 11 is 0. The smallest absolute Gasteiger partial charge is 0.264 e. The number of carbonyl (C=O) groups excluding carboxylic acids is 2. The fourth-order valence-electron chi connectivity index (χ4n) is 3.18. The van der Waals surface area contributed by atoms with Crippen LogP contribution >= 0.6 is 0 Å². The first-order valence-corrected chi connectivity index (χ1v) is 11.7. The summed E-state index contributed by atoms with van der Waals surface area (Å²) in [6, 6.07) is 19.0. The molecule has 0 fully saturated rings. The quantitative estimate of drug-likeness (QED) is 0.482. The van der Waals surface area contributed by atoms with E-state index in [9.17, 15) is 18.0 Å². The lowest BCUT2D eigenvalue weighted by Gasteiger charge is -2.26. The van der Waals surface area contributed by atoms with E-state index in [2.05, 4.69) is 10.6 Å². The van der Waals surface area contributed by atoms with Gasteiger partial charge in [-0.15, -0.1) is 0 Å². The minimum Gasteiger partial charge on any atom is -0.497 e. The average Bonchev–Trinajstić information content (AvgIpc) is 2.83. The van der Waals surface area contributed by atoms with Crippen molar-refractivity contribution in [2.45, 2.75) is 11.8 Å².